The zero-order chi connectivity index (χ0) is 21.7. The van der Waals surface area contributed by atoms with Crippen molar-refractivity contribution in [2.24, 2.45) is 5.41 Å². The molecule has 0 atom stereocenters. The lowest BCUT2D eigenvalue weighted by molar-refractivity contribution is -0.131. The summed E-state index contributed by atoms with van der Waals surface area (Å²) in [6.07, 6.45) is 4.89. The van der Waals surface area contributed by atoms with Crippen molar-refractivity contribution in [2.75, 3.05) is 50.2 Å². The summed E-state index contributed by atoms with van der Waals surface area (Å²) < 4.78 is 10.9. The Bertz CT molecular complexity index is 1010. The first-order valence-electron chi connectivity index (χ1n) is 10.6. The largest absolute Gasteiger partial charge is 0.382 e. The number of rotatable bonds is 8. The van der Waals surface area contributed by atoms with Crippen LogP contribution in [0.2, 0.25) is 0 Å². The van der Waals surface area contributed by atoms with Gasteiger partial charge >= 0.3 is 0 Å². The highest BCUT2D eigenvalue weighted by Gasteiger charge is 2.42. The molecule has 8 nitrogen and oxygen atoms in total. The van der Waals surface area contributed by atoms with Crippen LogP contribution in [0.4, 0.5) is 11.5 Å². The second-order valence-corrected chi connectivity index (χ2v) is 8.03. The highest BCUT2D eigenvalue weighted by Crippen LogP contribution is 2.37. The number of carbonyl (C=O) groups excluding carboxylic acids is 1. The molecule has 3 heterocycles. The van der Waals surface area contributed by atoms with Crippen LogP contribution < -0.4 is 10.2 Å². The van der Waals surface area contributed by atoms with E-state index in [1.807, 2.05) is 36.5 Å². The standard InChI is InChI=1S/C23H29N5O3/c1-17-14-24-20-19(17)21(26-16-25-20)28-10-8-23(9-11-28,15-31-13-12-30-2)22(29)27-18-6-4-3-5-7-18/h3-7,14,16H,8-13,15H2,1-2H3,(H,27,29)(H,24,25,26). The Kier molecular flexibility index (Phi) is 6.48. The SMILES string of the molecule is COCCOCC1(C(=O)Nc2ccccc2)CCN(c2ncnc3[nH]cc(C)c23)CC1. The fourth-order valence-electron chi connectivity index (χ4n) is 4.12. The molecule has 0 radical (unpaired) electrons. The Morgan fingerprint density at radius 3 is 2.71 bits per heavy atom. The Morgan fingerprint density at radius 2 is 1.97 bits per heavy atom. The number of aryl methyl sites for hydroxylation is 1. The number of fused-ring (bicyclic) bond motifs is 1. The molecule has 1 aliphatic heterocycles. The van der Waals surface area contributed by atoms with Crippen molar-refractivity contribution < 1.29 is 14.3 Å². The first kappa shape index (κ1) is 21.3. The number of ether oxygens (including phenoxy) is 2. The second-order valence-electron chi connectivity index (χ2n) is 8.03. The average Bonchev–Trinajstić information content (AvgIpc) is 3.19. The molecule has 164 valence electrons. The number of benzene rings is 1. The van der Waals surface area contributed by atoms with Crippen LogP contribution in [0.25, 0.3) is 11.0 Å². The zero-order valence-electron chi connectivity index (χ0n) is 18.1. The summed E-state index contributed by atoms with van der Waals surface area (Å²) in [5.41, 5.74) is 2.15. The Balaban J connectivity index is 1.52. The summed E-state index contributed by atoms with van der Waals surface area (Å²) in [4.78, 5) is 27.7. The summed E-state index contributed by atoms with van der Waals surface area (Å²) in [6, 6.07) is 9.57. The van der Waals surface area contributed by atoms with Gasteiger partial charge in [-0.1, -0.05) is 18.2 Å². The topological polar surface area (TPSA) is 92.4 Å². The van der Waals surface area contributed by atoms with Crippen molar-refractivity contribution in [3.8, 4) is 0 Å². The lowest BCUT2D eigenvalue weighted by Gasteiger charge is -2.41. The Labute approximate surface area is 182 Å². The molecule has 1 fully saturated rings. The molecule has 0 bridgehead atoms. The van der Waals surface area contributed by atoms with Crippen LogP contribution in [-0.4, -0.2) is 60.9 Å². The normalized spacial score (nSPS) is 15.9. The van der Waals surface area contributed by atoms with Crippen LogP contribution >= 0.6 is 0 Å². The number of aromatic nitrogens is 3. The van der Waals surface area contributed by atoms with Crippen molar-refractivity contribution in [3.63, 3.8) is 0 Å². The van der Waals surface area contributed by atoms with Gasteiger partial charge in [-0.25, -0.2) is 9.97 Å². The van der Waals surface area contributed by atoms with Crippen LogP contribution in [-0.2, 0) is 14.3 Å². The maximum atomic E-state index is 13.4. The highest BCUT2D eigenvalue weighted by molar-refractivity contribution is 5.96. The molecule has 0 saturated carbocycles. The fourth-order valence-corrected chi connectivity index (χ4v) is 4.12. The van der Waals surface area contributed by atoms with Crippen molar-refractivity contribution in [3.05, 3.63) is 48.4 Å². The maximum Gasteiger partial charge on any atom is 0.233 e. The maximum absolute atomic E-state index is 13.4. The number of H-pyrrole nitrogens is 1. The van der Waals surface area contributed by atoms with E-state index < -0.39 is 5.41 Å². The van der Waals surface area contributed by atoms with Crippen molar-refractivity contribution in [1.29, 1.82) is 0 Å². The fraction of sp³-hybridized carbons (Fsp3) is 0.435. The van der Waals surface area contributed by atoms with Gasteiger partial charge in [-0.05, 0) is 37.5 Å². The minimum Gasteiger partial charge on any atom is -0.382 e. The third kappa shape index (κ3) is 4.55. The lowest BCUT2D eigenvalue weighted by Crippen LogP contribution is -2.49. The molecule has 31 heavy (non-hydrogen) atoms. The monoisotopic (exact) mass is 423 g/mol. The third-order valence-electron chi connectivity index (χ3n) is 5.99. The van der Waals surface area contributed by atoms with E-state index in [2.05, 4.69) is 32.1 Å². The number of carbonyl (C=O) groups is 1. The molecular weight excluding hydrogens is 394 g/mol. The van der Waals surface area contributed by atoms with Crippen LogP contribution in [0, 0.1) is 12.3 Å². The number of anilines is 2. The smallest absolute Gasteiger partial charge is 0.233 e. The number of nitrogens with one attached hydrogen (secondary N) is 2. The Morgan fingerprint density at radius 1 is 1.19 bits per heavy atom. The number of methoxy groups -OCH3 is 1. The Hall–Kier alpha value is -2.97. The van der Waals surface area contributed by atoms with Crippen molar-refractivity contribution in [2.45, 2.75) is 19.8 Å². The predicted octanol–water partition coefficient (Wildman–Crippen LogP) is 3.15. The third-order valence-corrected chi connectivity index (χ3v) is 5.99. The number of para-hydroxylation sites is 1. The summed E-state index contributed by atoms with van der Waals surface area (Å²) in [6.45, 7) is 4.82. The lowest BCUT2D eigenvalue weighted by atomic mass is 9.78. The number of aromatic amines is 1. The van der Waals surface area contributed by atoms with Crippen LogP contribution in [0.1, 0.15) is 18.4 Å². The van der Waals surface area contributed by atoms with Crippen molar-refractivity contribution >= 4 is 28.4 Å². The molecule has 2 N–H and O–H groups in total. The van der Waals surface area contributed by atoms with E-state index in [1.54, 1.807) is 13.4 Å². The molecule has 1 saturated heterocycles. The summed E-state index contributed by atoms with van der Waals surface area (Å²) in [5, 5.41) is 4.12. The predicted molar refractivity (Wildman–Crippen MR) is 120 cm³/mol. The van der Waals surface area contributed by atoms with Crippen LogP contribution in [0.5, 0.6) is 0 Å². The van der Waals surface area contributed by atoms with Gasteiger partial charge in [-0.15, -0.1) is 0 Å². The highest BCUT2D eigenvalue weighted by atomic mass is 16.5. The van der Waals surface area contributed by atoms with E-state index in [4.69, 9.17) is 9.47 Å². The van der Waals surface area contributed by atoms with E-state index in [9.17, 15) is 4.79 Å². The molecule has 4 rings (SSSR count). The van der Waals surface area contributed by atoms with Gasteiger partial charge in [0.2, 0.25) is 5.91 Å². The van der Waals surface area contributed by atoms with Crippen molar-refractivity contribution in [1.82, 2.24) is 15.0 Å². The molecule has 2 aromatic heterocycles. The molecule has 0 aliphatic carbocycles. The first-order chi connectivity index (χ1) is 15.1. The van der Waals surface area contributed by atoms with E-state index in [1.165, 1.54) is 0 Å². The molecule has 0 spiro atoms. The van der Waals surface area contributed by atoms with Gasteiger partial charge in [-0.3, -0.25) is 4.79 Å². The van der Waals surface area contributed by atoms with Crippen LogP contribution in [0.15, 0.2) is 42.9 Å². The molecule has 1 aromatic carbocycles. The van der Waals surface area contributed by atoms with E-state index in [0.717, 1.165) is 28.1 Å². The van der Waals surface area contributed by atoms with E-state index in [-0.39, 0.29) is 5.91 Å². The number of hydrogen-bond donors (Lipinski definition) is 2. The average molecular weight is 424 g/mol. The van der Waals surface area contributed by atoms with Crippen LogP contribution in [0.3, 0.4) is 0 Å². The van der Waals surface area contributed by atoms with Gasteiger partial charge in [0.05, 0.1) is 30.6 Å². The van der Waals surface area contributed by atoms with E-state index in [0.29, 0.717) is 45.8 Å². The molecule has 0 unspecified atom stereocenters. The minimum absolute atomic E-state index is 0.00132. The van der Waals surface area contributed by atoms with E-state index >= 15 is 0 Å². The number of amides is 1. The van der Waals surface area contributed by atoms with Gasteiger partial charge in [0, 0.05) is 32.1 Å². The molecule has 1 aliphatic rings. The number of hydrogen-bond acceptors (Lipinski definition) is 6. The zero-order valence-corrected chi connectivity index (χ0v) is 18.1. The summed E-state index contributed by atoms with van der Waals surface area (Å²) >= 11 is 0. The van der Waals surface area contributed by atoms with Gasteiger partial charge in [0.1, 0.15) is 17.8 Å². The number of nitrogens with zero attached hydrogens (tertiary/aromatic N) is 3. The molecule has 3 aromatic rings. The summed E-state index contributed by atoms with van der Waals surface area (Å²) in [7, 11) is 1.64. The quantitative estimate of drug-likeness (QED) is 0.541. The van der Waals surface area contributed by atoms with Gasteiger partial charge in [0.15, 0.2) is 0 Å². The number of piperidine rings is 1. The molecular formula is C23H29N5O3. The molecule has 8 heteroatoms. The van der Waals surface area contributed by atoms with Gasteiger partial charge in [-0.2, -0.15) is 0 Å². The first-order valence-corrected chi connectivity index (χ1v) is 10.6. The van der Waals surface area contributed by atoms with Gasteiger partial charge in [0.25, 0.3) is 0 Å². The minimum atomic E-state index is -0.598. The van der Waals surface area contributed by atoms with Gasteiger partial charge < -0.3 is 24.7 Å². The molecule has 1 amide bonds. The summed E-state index contributed by atoms with van der Waals surface area (Å²) in [5.74, 6) is 0.919. The second kappa shape index (κ2) is 9.45.